The largest absolute Gasteiger partial charge is 0.507 e. The third-order valence-corrected chi connectivity index (χ3v) is 17.5. The summed E-state index contributed by atoms with van der Waals surface area (Å²) < 4.78 is 36.4. The summed E-state index contributed by atoms with van der Waals surface area (Å²) in [4.78, 5) is 83.3. The number of hydrogen-bond donors (Lipinski definition) is 11. The van der Waals surface area contributed by atoms with Gasteiger partial charge in [-0.2, -0.15) is 0 Å². The fourth-order valence-corrected chi connectivity index (χ4v) is 13.2. The molecule has 0 aromatic heterocycles. The number of aliphatic hydroxyl groups is 5. The maximum atomic E-state index is 14.3. The van der Waals surface area contributed by atoms with Gasteiger partial charge in [-0.05, 0) is 52.3 Å². The molecule has 0 radical (unpaired) electrons. The number of hydrogen-bond acceptors (Lipinski definition) is 24. The molecule has 24 heteroatoms. The van der Waals surface area contributed by atoms with Crippen molar-refractivity contribution in [3.63, 3.8) is 0 Å². The molecule has 7 aliphatic rings. The summed E-state index contributed by atoms with van der Waals surface area (Å²) in [7, 11) is 2.59. The Kier molecular flexibility index (Phi) is 14.7. The van der Waals surface area contributed by atoms with Crippen molar-refractivity contribution in [3.05, 3.63) is 103 Å². The number of phenolic OH excluding ortho intramolecular Hbond substituents is 4. The highest BCUT2D eigenvalue weighted by Crippen LogP contribution is 2.55. The number of ether oxygens (including phenoxy) is 6. The SMILES string of the molecule is COc1cccc2c1C(=O)c1c(O)c3c(c(O)c1C2=O)C[C@@](O)(C(=O)CO)C[C@@H]3OC1CC(NN(C2CCCN2)C2CC(O[C@H]3C[C@](O)(C(C)=O)Cc4c(O)c5c(c(O)c43)C(=O)c3c(OC)cccc3C5=O)OC(C)C2O)C(O)C(C)O1. The molecule has 436 valence electrons. The van der Waals surface area contributed by atoms with Gasteiger partial charge in [0.2, 0.25) is 11.6 Å². The van der Waals surface area contributed by atoms with Crippen LogP contribution < -0.4 is 20.2 Å². The van der Waals surface area contributed by atoms with Crippen molar-refractivity contribution in [1.82, 2.24) is 15.8 Å². The molecular formula is C58H63N3O21. The highest BCUT2D eigenvalue weighted by atomic mass is 16.7. The Morgan fingerprint density at radius 3 is 1.63 bits per heavy atom. The van der Waals surface area contributed by atoms with E-state index in [9.17, 15) is 74.7 Å². The minimum absolute atomic E-state index is 0.0206. The molecule has 3 saturated heterocycles. The smallest absolute Gasteiger partial charge is 0.202 e. The van der Waals surface area contributed by atoms with Crippen LogP contribution in [0.2, 0.25) is 0 Å². The number of methoxy groups -OCH3 is 2. The van der Waals surface area contributed by atoms with Gasteiger partial charge in [0, 0.05) is 71.9 Å². The van der Waals surface area contributed by atoms with E-state index < -0.39 is 191 Å². The van der Waals surface area contributed by atoms with Crippen LogP contribution in [0, 0.1) is 0 Å². The highest BCUT2D eigenvalue weighted by Gasteiger charge is 2.54. The van der Waals surface area contributed by atoms with E-state index in [1.165, 1.54) is 50.6 Å². The molecule has 0 spiro atoms. The molecule has 3 heterocycles. The third-order valence-electron chi connectivity index (χ3n) is 17.5. The van der Waals surface area contributed by atoms with Crippen LogP contribution in [0.5, 0.6) is 34.5 Å². The van der Waals surface area contributed by atoms with Crippen molar-refractivity contribution in [2.45, 2.75) is 151 Å². The number of hydrazine groups is 1. The lowest BCUT2D eigenvalue weighted by Gasteiger charge is -2.49. The predicted molar refractivity (Wildman–Crippen MR) is 280 cm³/mol. The first-order chi connectivity index (χ1) is 39.0. The molecule has 3 aliphatic heterocycles. The van der Waals surface area contributed by atoms with E-state index in [-0.39, 0.29) is 68.8 Å². The lowest BCUT2D eigenvalue weighted by Crippen LogP contribution is -2.68. The quantitative estimate of drug-likeness (QED) is 0.0578. The van der Waals surface area contributed by atoms with Crippen LogP contribution in [0.1, 0.15) is 157 Å². The number of nitrogens with zero attached hydrogens (tertiary/aromatic N) is 1. The topological polar surface area (TPSA) is 367 Å². The molecule has 0 saturated carbocycles. The van der Waals surface area contributed by atoms with Crippen molar-refractivity contribution >= 4 is 34.7 Å². The van der Waals surface area contributed by atoms with E-state index in [4.69, 9.17) is 28.4 Å². The zero-order valence-corrected chi connectivity index (χ0v) is 45.3. The summed E-state index contributed by atoms with van der Waals surface area (Å²) in [6.07, 6.45) is -12.5. The molecule has 13 atom stereocenters. The lowest BCUT2D eigenvalue weighted by molar-refractivity contribution is -0.272. The number of ketones is 6. The number of fused-ring (bicyclic) bond motifs is 6. The minimum atomic E-state index is -2.44. The molecular weight excluding hydrogens is 1070 g/mol. The molecule has 11 rings (SSSR count). The first kappa shape index (κ1) is 57.1. The molecule has 0 amide bonds. The van der Waals surface area contributed by atoms with Gasteiger partial charge in [0.1, 0.15) is 52.3 Å². The van der Waals surface area contributed by atoms with Gasteiger partial charge < -0.3 is 79.7 Å². The van der Waals surface area contributed by atoms with Gasteiger partial charge in [0.15, 0.2) is 35.7 Å². The maximum Gasteiger partial charge on any atom is 0.202 e. The van der Waals surface area contributed by atoms with Crippen molar-refractivity contribution in [1.29, 1.82) is 0 Å². The monoisotopic (exact) mass is 1140 g/mol. The average molecular weight is 1140 g/mol. The van der Waals surface area contributed by atoms with Crippen LogP contribution in [0.3, 0.4) is 0 Å². The molecule has 24 nitrogen and oxygen atoms in total. The second kappa shape index (κ2) is 21.1. The number of aromatic hydroxyl groups is 4. The first-order valence-electron chi connectivity index (χ1n) is 27.1. The Hall–Kier alpha value is -6.78. The van der Waals surface area contributed by atoms with E-state index >= 15 is 0 Å². The van der Waals surface area contributed by atoms with E-state index in [0.717, 1.165) is 6.92 Å². The standard InChI is InChI=1S/C58H63N3O21/c1-22-47(65)29(15-37(79-22)81-34-20-58(76,35(64)21-62)18-28-42(34)56(74)46-44(52(28)70)50(68)26-10-7-12-32(78-5)40(26)54(46)72)60-61(36-13-8-14-59-36)30-16-38(80-23(2)48(30)66)82-33-19-57(75,24(3)63)17-27-41(33)55(73)45-43(51(27)69)49(67)25-9-6-11-31(77-4)39(25)53(45)71/h6-7,9-12,22-23,29-30,33-34,36-38,47-48,59-60,62,65-66,69-70,73-76H,8,13-21H2,1-5H3/t22?,23?,29?,30?,33-,34-,36?,37?,38?,47?,48?,57-,58-/m0/s1. The second-order valence-corrected chi connectivity index (χ2v) is 22.3. The summed E-state index contributed by atoms with van der Waals surface area (Å²) in [5, 5.41) is 111. The van der Waals surface area contributed by atoms with Crippen molar-refractivity contribution < 1.29 is 103 Å². The van der Waals surface area contributed by atoms with Crippen molar-refractivity contribution in [2.24, 2.45) is 0 Å². The fourth-order valence-electron chi connectivity index (χ4n) is 13.2. The third kappa shape index (κ3) is 8.98. The zero-order chi connectivity index (χ0) is 58.8. The molecule has 4 aromatic rings. The number of aliphatic hydroxyl groups excluding tert-OH is 3. The second-order valence-electron chi connectivity index (χ2n) is 22.3. The lowest BCUT2D eigenvalue weighted by atomic mass is 9.72. The number of phenols is 4. The van der Waals surface area contributed by atoms with Crippen LogP contribution in [0.25, 0.3) is 0 Å². The fraction of sp³-hybridized carbons (Fsp3) is 0.483. The number of Topliss-reactive ketones (excluding diaryl/α,β-unsaturated/α-hetero) is 2. The van der Waals surface area contributed by atoms with E-state index in [1.54, 1.807) is 18.9 Å². The number of benzene rings is 4. The van der Waals surface area contributed by atoms with Crippen molar-refractivity contribution in [3.8, 4) is 34.5 Å². The Bertz CT molecular complexity index is 3380. The maximum absolute atomic E-state index is 14.3. The van der Waals surface area contributed by atoms with E-state index in [1.807, 2.05) is 0 Å². The summed E-state index contributed by atoms with van der Waals surface area (Å²) in [6.45, 7) is 3.67. The minimum Gasteiger partial charge on any atom is -0.507 e. The highest BCUT2D eigenvalue weighted by molar-refractivity contribution is 6.32. The molecule has 4 aliphatic carbocycles. The van der Waals surface area contributed by atoms with Gasteiger partial charge in [-0.25, -0.2) is 10.4 Å². The molecule has 4 aromatic carbocycles. The molecule has 9 unspecified atom stereocenters. The van der Waals surface area contributed by atoms with Crippen LogP contribution in [-0.2, 0) is 41.4 Å². The average Bonchev–Trinajstić information content (AvgIpc) is 1.26. The molecule has 0 bridgehead atoms. The van der Waals surface area contributed by atoms with Gasteiger partial charge in [-0.3, -0.25) is 28.8 Å². The Labute approximate surface area is 468 Å². The van der Waals surface area contributed by atoms with Gasteiger partial charge in [0.25, 0.3) is 0 Å². The normalized spacial score (nSPS) is 31.1. The molecule has 82 heavy (non-hydrogen) atoms. The van der Waals surface area contributed by atoms with Gasteiger partial charge in [-0.1, -0.05) is 24.3 Å². The number of nitrogens with one attached hydrogen (secondary N) is 2. The van der Waals surface area contributed by atoms with Crippen molar-refractivity contribution in [2.75, 3.05) is 27.4 Å². The summed E-state index contributed by atoms with van der Waals surface area (Å²) in [6, 6.07) is 6.64. The summed E-state index contributed by atoms with van der Waals surface area (Å²) in [5.41, 5.74) is -4.93. The van der Waals surface area contributed by atoms with E-state index in [0.29, 0.717) is 19.4 Å². The molecule has 11 N–H and O–H groups in total. The number of carbonyl (C=O) groups excluding carboxylic acids is 6. The Morgan fingerprint density at radius 2 is 1.16 bits per heavy atom. The van der Waals surface area contributed by atoms with Crippen LogP contribution >= 0.6 is 0 Å². The zero-order valence-electron chi connectivity index (χ0n) is 45.3. The summed E-state index contributed by atoms with van der Waals surface area (Å²) in [5.74, 6) is -8.15. The summed E-state index contributed by atoms with van der Waals surface area (Å²) >= 11 is 0. The predicted octanol–water partition coefficient (Wildman–Crippen LogP) is 1.64. The van der Waals surface area contributed by atoms with Gasteiger partial charge in [0.05, 0.1) is 102 Å². The van der Waals surface area contributed by atoms with Crippen LogP contribution in [0.15, 0.2) is 36.4 Å². The Morgan fingerprint density at radius 1 is 0.683 bits per heavy atom. The number of carbonyl (C=O) groups is 6. The molecule has 3 fully saturated rings. The van der Waals surface area contributed by atoms with E-state index in [2.05, 4.69) is 10.7 Å². The number of rotatable bonds is 13. The van der Waals surface area contributed by atoms with Gasteiger partial charge in [-0.15, -0.1) is 0 Å². The van der Waals surface area contributed by atoms with Crippen LogP contribution in [0.4, 0.5) is 0 Å². The Balaban J connectivity index is 0.905. The van der Waals surface area contributed by atoms with Gasteiger partial charge >= 0.3 is 0 Å². The first-order valence-corrected chi connectivity index (χ1v) is 27.1. The van der Waals surface area contributed by atoms with Crippen LogP contribution in [-0.4, -0.2) is 179 Å².